The first-order chi connectivity index (χ1) is 6.09. The van der Waals surface area contributed by atoms with Crippen molar-refractivity contribution >= 4 is 15.0 Å². The Morgan fingerprint density at radius 3 is 2.23 bits per heavy atom. The normalized spacial score (nSPS) is 11.2. The van der Waals surface area contributed by atoms with Crippen molar-refractivity contribution in [2.45, 2.75) is 11.3 Å². The number of carbonyl (C=O) groups excluding carboxylic acids is 1. The molecular weight excluding hydrogens is 188 g/mol. The molecule has 0 N–H and O–H groups in total. The first kappa shape index (κ1) is 9.92. The van der Waals surface area contributed by atoms with Gasteiger partial charge in [0.05, 0.1) is 4.90 Å². The molecule has 1 radical (unpaired) electrons. The highest BCUT2D eigenvalue weighted by molar-refractivity contribution is 8.06. The van der Waals surface area contributed by atoms with Crippen LogP contribution in [0.15, 0.2) is 35.2 Å². The highest BCUT2D eigenvalue weighted by Crippen LogP contribution is 2.11. The molecule has 0 atom stereocenters. The van der Waals surface area contributed by atoms with Crippen LogP contribution >= 0.6 is 0 Å². The third-order valence-electron chi connectivity index (χ3n) is 1.56. The predicted octanol–water partition coefficient (Wildman–Crippen LogP) is 1.21. The molecule has 0 saturated carbocycles. The van der Waals surface area contributed by atoms with Crippen molar-refractivity contribution in [1.82, 2.24) is 0 Å². The van der Waals surface area contributed by atoms with E-state index in [0.717, 1.165) is 0 Å². The summed E-state index contributed by atoms with van der Waals surface area (Å²) in [5.41, 5.74) is 0. The Morgan fingerprint density at radius 2 is 1.77 bits per heavy atom. The lowest BCUT2D eigenvalue weighted by Crippen LogP contribution is -2.13. The minimum atomic E-state index is -3.79. The summed E-state index contributed by atoms with van der Waals surface area (Å²) in [6.45, 7) is 3.25. The van der Waals surface area contributed by atoms with Crippen LogP contribution in [0, 0.1) is 6.92 Å². The molecule has 0 aliphatic rings. The molecule has 0 saturated heterocycles. The van der Waals surface area contributed by atoms with Crippen molar-refractivity contribution in [3.63, 3.8) is 0 Å². The molecule has 1 rings (SSSR count). The Bertz CT molecular complexity index is 392. The van der Waals surface area contributed by atoms with Crippen LogP contribution in [0.1, 0.15) is 6.42 Å². The molecule has 0 aliphatic carbocycles. The zero-order chi connectivity index (χ0) is 9.90. The molecule has 0 amide bonds. The Balaban J connectivity index is 3.17. The number of benzene rings is 1. The molecule has 3 nitrogen and oxygen atoms in total. The summed E-state index contributed by atoms with van der Waals surface area (Å²) in [4.78, 5) is 11.0. The van der Waals surface area contributed by atoms with Crippen LogP contribution in [0.4, 0.5) is 0 Å². The second-order valence-electron chi connectivity index (χ2n) is 2.44. The largest absolute Gasteiger partial charge is 0.281 e. The Labute approximate surface area is 77.3 Å². The van der Waals surface area contributed by atoms with Gasteiger partial charge in [-0.2, -0.15) is 0 Å². The molecule has 0 fully saturated rings. The molecule has 69 valence electrons. The van der Waals surface area contributed by atoms with E-state index in [2.05, 4.69) is 6.92 Å². The lowest BCUT2D eigenvalue weighted by atomic mass is 10.4. The van der Waals surface area contributed by atoms with Gasteiger partial charge in [-0.25, -0.2) is 8.42 Å². The van der Waals surface area contributed by atoms with Crippen LogP contribution < -0.4 is 0 Å². The third-order valence-corrected chi connectivity index (χ3v) is 3.25. The van der Waals surface area contributed by atoms with Crippen molar-refractivity contribution in [3.05, 3.63) is 37.3 Å². The topological polar surface area (TPSA) is 51.2 Å². The monoisotopic (exact) mass is 197 g/mol. The van der Waals surface area contributed by atoms with Crippen LogP contribution in [0.5, 0.6) is 0 Å². The highest BCUT2D eigenvalue weighted by atomic mass is 32.2. The van der Waals surface area contributed by atoms with Crippen LogP contribution in [0.2, 0.25) is 0 Å². The van der Waals surface area contributed by atoms with Crippen LogP contribution in [0.25, 0.3) is 0 Å². The molecule has 13 heavy (non-hydrogen) atoms. The van der Waals surface area contributed by atoms with Gasteiger partial charge in [0.2, 0.25) is 9.84 Å². The van der Waals surface area contributed by atoms with E-state index in [0.29, 0.717) is 0 Å². The van der Waals surface area contributed by atoms with Crippen molar-refractivity contribution < 1.29 is 13.2 Å². The molecule has 0 heterocycles. The lowest BCUT2D eigenvalue weighted by Gasteiger charge is -1.99. The van der Waals surface area contributed by atoms with Gasteiger partial charge >= 0.3 is 0 Å². The SMILES string of the molecule is [CH2]CC(=O)S(=O)(=O)c1ccccc1. The fraction of sp³-hybridized carbons (Fsp3) is 0.111. The number of sulfone groups is 1. The smallest absolute Gasteiger partial charge is 0.251 e. The van der Waals surface area contributed by atoms with E-state index in [1.165, 1.54) is 12.1 Å². The summed E-state index contributed by atoms with van der Waals surface area (Å²) in [5, 5.41) is -0.848. The van der Waals surface area contributed by atoms with E-state index < -0.39 is 15.0 Å². The minimum Gasteiger partial charge on any atom is -0.281 e. The second-order valence-corrected chi connectivity index (χ2v) is 4.37. The Hall–Kier alpha value is -1.16. The molecular formula is C9H9O3S. The van der Waals surface area contributed by atoms with Gasteiger partial charge in [-0.05, 0) is 19.1 Å². The van der Waals surface area contributed by atoms with Crippen molar-refractivity contribution in [2.24, 2.45) is 0 Å². The summed E-state index contributed by atoms with van der Waals surface area (Å²) < 4.78 is 22.7. The van der Waals surface area contributed by atoms with Gasteiger partial charge in [0.1, 0.15) is 0 Å². The summed E-state index contributed by atoms with van der Waals surface area (Å²) in [6, 6.07) is 7.62. The first-order valence-corrected chi connectivity index (χ1v) is 5.19. The van der Waals surface area contributed by atoms with E-state index in [-0.39, 0.29) is 11.3 Å². The number of hydrogen-bond acceptors (Lipinski definition) is 3. The number of carbonyl (C=O) groups is 1. The van der Waals surface area contributed by atoms with Gasteiger partial charge in [-0.15, -0.1) is 0 Å². The highest BCUT2D eigenvalue weighted by Gasteiger charge is 2.21. The fourth-order valence-electron chi connectivity index (χ4n) is 0.865. The predicted molar refractivity (Wildman–Crippen MR) is 48.6 cm³/mol. The molecule has 0 aliphatic heterocycles. The molecule has 1 aromatic carbocycles. The van der Waals surface area contributed by atoms with Crippen LogP contribution in [-0.4, -0.2) is 13.5 Å². The minimum absolute atomic E-state index is 0.0312. The van der Waals surface area contributed by atoms with E-state index in [1.807, 2.05) is 0 Å². The molecule has 0 aromatic heterocycles. The zero-order valence-electron chi connectivity index (χ0n) is 6.93. The quantitative estimate of drug-likeness (QED) is 0.716. The van der Waals surface area contributed by atoms with Gasteiger partial charge in [0.25, 0.3) is 5.12 Å². The van der Waals surface area contributed by atoms with E-state index in [1.54, 1.807) is 18.2 Å². The van der Waals surface area contributed by atoms with E-state index in [4.69, 9.17) is 0 Å². The summed E-state index contributed by atoms with van der Waals surface area (Å²) in [5.74, 6) is 0. The first-order valence-electron chi connectivity index (χ1n) is 3.71. The zero-order valence-corrected chi connectivity index (χ0v) is 7.75. The molecule has 1 aromatic rings. The molecule has 4 heteroatoms. The lowest BCUT2D eigenvalue weighted by molar-refractivity contribution is -0.111. The number of rotatable bonds is 2. The summed E-state index contributed by atoms with van der Waals surface area (Å²) >= 11 is 0. The van der Waals surface area contributed by atoms with E-state index in [9.17, 15) is 13.2 Å². The molecule has 0 unspecified atom stereocenters. The van der Waals surface area contributed by atoms with Crippen LogP contribution in [0.3, 0.4) is 0 Å². The molecule has 0 bridgehead atoms. The fourth-order valence-corrected chi connectivity index (χ4v) is 1.91. The van der Waals surface area contributed by atoms with Crippen molar-refractivity contribution in [2.75, 3.05) is 0 Å². The maximum atomic E-state index is 11.4. The Morgan fingerprint density at radius 1 is 1.23 bits per heavy atom. The average Bonchev–Trinajstić information content (AvgIpc) is 2.18. The number of hydrogen-bond donors (Lipinski definition) is 0. The van der Waals surface area contributed by atoms with Gasteiger partial charge in [0.15, 0.2) is 0 Å². The third kappa shape index (κ3) is 1.95. The van der Waals surface area contributed by atoms with Gasteiger partial charge in [-0.1, -0.05) is 18.2 Å². The average molecular weight is 197 g/mol. The summed E-state index contributed by atoms with van der Waals surface area (Å²) in [7, 11) is -3.79. The maximum Gasteiger partial charge on any atom is 0.251 e. The van der Waals surface area contributed by atoms with Gasteiger partial charge < -0.3 is 0 Å². The maximum absolute atomic E-state index is 11.4. The van der Waals surface area contributed by atoms with Crippen LogP contribution in [-0.2, 0) is 14.6 Å². The summed E-state index contributed by atoms with van der Waals surface area (Å²) in [6.07, 6.45) is -0.239. The Kier molecular flexibility index (Phi) is 2.83. The standard InChI is InChI=1S/C9H9O3S/c1-2-9(10)13(11,12)8-6-4-3-5-7-8/h3-7H,1-2H2. The molecule has 0 spiro atoms. The van der Waals surface area contributed by atoms with Gasteiger partial charge in [0, 0.05) is 6.42 Å². The van der Waals surface area contributed by atoms with Crippen molar-refractivity contribution in [1.29, 1.82) is 0 Å². The van der Waals surface area contributed by atoms with Crippen molar-refractivity contribution in [3.8, 4) is 0 Å². The van der Waals surface area contributed by atoms with E-state index >= 15 is 0 Å². The second kappa shape index (κ2) is 3.70. The van der Waals surface area contributed by atoms with Gasteiger partial charge in [-0.3, -0.25) is 4.79 Å².